The molecule has 0 radical (unpaired) electrons. The fourth-order valence-electron chi connectivity index (χ4n) is 2.69. The molecule has 1 atom stereocenters. The standard InChI is InChI=1S/C13H20BrNOS/c1-9-3-5-13(16-2,6-4-9)12(15)10-7-17-8-11(10)14/h7-9,12H,3-6,15H2,1-2H3. The third kappa shape index (κ3) is 2.60. The van der Waals surface area contributed by atoms with Crippen LogP contribution in [0.1, 0.15) is 44.2 Å². The summed E-state index contributed by atoms with van der Waals surface area (Å²) in [4.78, 5) is 0. The number of methoxy groups -OCH3 is 1. The Balaban J connectivity index is 2.21. The zero-order valence-corrected chi connectivity index (χ0v) is 12.8. The lowest BCUT2D eigenvalue weighted by atomic mass is 9.74. The van der Waals surface area contributed by atoms with Gasteiger partial charge in [0.05, 0.1) is 11.6 Å². The molecule has 1 unspecified atom stereocenters. The predicted octanol–water partition coefficient (Wildman–Crippen LogP) is 4.11. The first-order chi connectivity index (χ1) is 8.09. The molecule has 2 nitrogen and oxygen atoms in total. The summed E-state index contributed by atoms with van der Waals surface area (Å²) in [6.07, 6.45) is 4.55. The first kappa shape index (κ1) is 13.5. The Morgan fingerprint density at radius 3 is 2.59 bits per heavy atom. The van der Waals surface area contributed by atoms with Crippen LogP contribution < -0.4 is 5.73 Å². The van der Waals surface area contributed by atoms with Gasteiger partial charge in [0.25, 0.3) is 0 Å². The van der Waals surface area contributed by atoms with Gasteiger partial charge in [0.15, 0.2) is 0 Å². The number of nitrogens with two attached hydrogens (primary N) is 1. The predicted molar refractivity (Wildman–Crippen MR) is 76.3 cm³/mol. The van der Waals surface area contributed by atoms with Crippen LogP contribution >= 0.6 is 27.3 Å². The van der Waals surface area contributed by atoms with Crippen molar-refractivity contribution < 1.29 is 4.74 Å². The molecule has 0 aromatic carbocycles. The lowest BCUT2D eigenvalue weighted by Crippen LogP contribution is -2.45. The van der Waals surface area contributed by atoms with Crippen molar-refractivity contribution in [2.75, 3.05) is 7.11 Å². The van der Waals surface area contributed by atoms with E-state index in [2.05, 4.69) is 33.6 Å². The molecule has 1 aromatic heterocycles. The molecule has 1 aromatic rings. The summed E-state index contributed by atoms with van der Waals surface area (Å²) >= 11 is 5.26. The number of hydrogen-bond donors (Lipinski definition) is 1. The Morgan fingerprint density at radius 2 is 2.12 bits per heavy atom. The van der Waals surface area contributed by atoms with Gasteiger partial charge in [-0.15, -0.1) is 0 Å². The molecule has 0 bridgehead atoms. The third-order valence-electron chi connectivity index (χ3n) is 4.07. The van der Waals surface area contributed by atoms with Crippen molar-refractivity contribution in [3.8, 4) is 0 Å². The van der Waals surface area contributed by atoms with Crippen LogP contribution in [-0.4, -0.2) is 12.7 Å². The zero-order chi connectivity index (χ0) is 12.5. The summed E-state index contributed by atoms with van der Waals surface area (Å²) < 4.78 is 6.94. The molecule has 1 aliphatic rings. The molecule has 4 heteroatoms. The van der Waals surface area contributed by atoms with Crippen LogP contribution in [0, 0.1) is 5.92 Å². The first-order valence-corrected chi connectivity index (χ1v) is 7.85. The molecule has 2 N–H and O–H groups in total. The zero-order valence-electron chi connectivity index (χ0n) is 10.4. The van der Waals surface area contributed by atoms with Crippen LogP contribution in [-0.2, 0) is 4.74 Å². The van der Waals surface area contributed by atoms with E-state index < -0.39 is 0 Å². The highest BCUT2D eigenvalue weighted by atomic mass is 79.9. The van der Waals surface area contributed by atoms with Gasteiger partial charge in [-0.3, -0.25) is 0 Å². The fourth-order valence-corrected chi connectivity index (χ4v) is 4.27. The molecule has 96 valence electrons. The van der Waals surface area contributed by atoms with E-state index in [1.165, 1.54) is 18.4 Å². The lowest BCUT2D eigenvalue weighted by molar-refractivity contribution is -0.0672. The SMILES string of the molecule is COC1(C(N)c2cscc2Br)CCC(C)CC1. The topological polar surface area (TPSA) is 35.2 Å². The average molecular weight is 318 g/mol. The molecular weight excluding hydrogens is 298 g/mol. The molecule has 0 saturated heterocycles. The van der Waals surface area contributed by atoms with Crippen molar-refractivity contribution in [2.45, 2.75) is 44.2 Å². The van der Waals surface area contributed by atoms with Crippen molar-refractivity contribution in [3.05, 3.63) is 20.8 Å². The second kappa shape index (κ2) is 5.39. The Hall–Kier alpha value is 0.100. The maximum Gasteiger partial charge on any atom is 0.0871 e. The highest BCUT2D eigenvalue weighted by Gasteiger charge is 2.41. The van der Waals surface area contributed by atoms with Gasteiger partial charge in [-0.2, -0.15) is 11.3 Å². The Kier molecular flexibility index (Phi) is 4.29. The van der Waals surface area contributed by atoms with E-state index in [0.717, 1.165) is 23.2 Å². The van der Waals surface area contributed by atoms with Gasteiger partial charge >= 0.3 is 0 Å². The van der Waals surface area contributed by atoms with Gasteiger partial charge in [0, 0.05) is 17.0 Å². The minimum atomic E-state index is -0.171. The van der Waals surface area contributed by atoms with Gasteiger partial charge in [-0.05, 0) is 58.5 Å². The Labute approximate surface area is 116 Å². The first-order valence-electron chi connectivity index (χ1n) is 6.11. The van der Waals surface area contributed by atoms with Crippen molar-refractivity contribution >= 4 is 27.3 Å². The van der Waals surface area contributed by atoms with Crippen LogP contribution in [0.5, 0.6) is 0 Å². The van der Waals surface area contributed by atoms with Crippen LogP contribution in [0.25, 0.3) is 0 Å². The van der Waals surface area contributed by atoms with Crippen LogP contribution in [0.15, 0.2) is 15.2 Å². The van der Waals surface area contributed by atoms with Gasteiger partial charge in [0.1, 0.15) is 0 Å². The molecule has 1 saturated carbocycles. The molecular formula is C13H20BrNOS. The summed E-state index contributed by atoms with van der Waals surface area (Å²) in [5.41, 5.74) is 7.47. The minimum Gasteiger partial charge on any atom is -0.376 e. The fraction of sp³-hybridized carbons (Fsp3) is 0.692. The average Bonchev–Trinajstić information content (AvgIpc) is 2.76. The van der Waals surface area contributed by atoms with E-state index in [-0.39, 0.29) is 11.6 Å². The highest BCUT2D eigenvalue weighted by Crippen LogP contribution is 2.43. The minimum absolute atomic E-state index is 0.0272. The Morgan fingerprint density at radius 1 is 1.47 bits per heavy atom. The molecule has 0 spiro atoms. The molecule has 1 aliphatic carbocycles. The summed E-state index contributed by atoms with van der Waals surface area (Å²) in [6.45, 7) is 2.31. The van der Waals surface area contributed by atoms with Crippen LogP contribution in [0.3, 0.4) is 0 Å². The Bertz CT molecular complexity index is 371. The van der Waals surface area contributed by atoms with E-state index in [4.69, 9.17) is 10.5 Å². The smallest absolute Gasteiger partial charge is 0.0871 e. The third-order valence-corrected chi connectivity index (χ3v) is 5.82. The van der Waals surface area contributed by atoms with Gasteiger partial charge in [0.2, 0.25) is 0 Å². The second-order valence-corrected chi connectivity index (χ2v) is 6.70. The van der Waals surface area contributed by atoms with Crippen molar-refractivity contribution in [3.63, 3.8) is 0 Å². The van der Waals surface area contributed by atoms with E-state index in [9.17, 15) is 0 Å². The van der Waals surface area contributed by atoms with E-state index in [1.807, 2.05) is 0 Å². The van der Waals surface area contributed by atoms with Crippen LogP contribution in [0.4, 0.5) is 0 Å². The van der Waals surface area contributed by atoms with E-state index in [1.54, 1.807) is 18.4 Å². The maximum absolute atomic E-state index is 6.46. The maximum atomic E-state index is 6.46. The number of thiophene rings is 1. The largest absolute Gasteiger partial charge is 0.376 e. The molecule has 1 heterocycles. The van der Waals surface area contributed by atoms with Gasteiger partial charge < -0.3 is 10.5 Å². The summed E-state index contributed by atoms with van der Waals surface area (Å²) in [5, 5.41) is 4.22. The van der Waals surface area contributed by atoms with Gasteiger partial charge in [-0.25, -0.2) is 0 Å². The van der Waals surface area contributed by atoms with E-state index >= 15 is 0 Å². The van der Waals surface area contributed by atoms with Crippen molar-refractivity contribution in [2.24, 2.45) is 11.7 Å². The highest BCUT2D eigenvalue weighted by molar-refractivity contribution is 9.10. The van der Waals surface area contributed by atoms with Crippen LogP contribution in [0.2, 0.25) is 0 Å². The van der Waals surface area contributed by atoms with Crippen molar-refractivity contribution in [1.82, 2.24) is 0 Å². The van der Waals surface area contributed by atoms with E-state index in [0.29, 0.717) is 0 Å². The molecule has 0 amide bonds. The molecule has 0 aliphatic heterocycles. The molecule has 2 rings (SSSR count). The van der Waals surface area contributed by atoms with Gasteiger partial charge in [-0.1, -0.05) is 6.92 Å². The normalized spacial score (nSPS) is 31.4. The number of rotatable bonds is 3. The number of halogens is 1. The number of ether oxygens (including phenoxy) is 1. The molecule has 1 fully saturated rings. The number of hydrogen-bond acceptors (Lipinski definition) is 3. The summed E-state index contributed by atoms with van der Waals surface area (Å²) in [6, 6.07) is -0.0272. The summed E-state index contributed by atoms with van der Waals surface area (Å²) in [5.74, 6) is 0.802. The second-order valence-electron chi connectivity index (χ2n) is 5.10. The lowest BCUT2D eigenvalue weighted by Gasteiger charge is -2.42. The van der Waals surface area contributed by atoms with Crippen molar-refractivity contribution in [1.29, 1.82) is 0 Å². The quantitative estimate of drug-likeness (QED) is 0.910. The molecule has 17 heavy (non-hydrogen) atoms. The summed E-state index contributed by atoms with van der Waals surface area (Å²) in [7, 11) is 1.80. The monoisotopic (exact) mass is 317 g/mol.